The van der Waals surface area contributed by atoms with Crippen LogP contribution in [0.25, 0.3) is 0 Å². The molecule has 82 valence electrons. The number of rotatable bonds is 0. The van der Waals surface area contributed by atoms with Crippen LogP contribution in [-0.4, -0.2) is 35.8 Å². The van der Waals surface area contributed by atoms with Gasteiger partial charge >= 0.3 is 6.30 Å². The molecule has 2 nitrogen and oxygen atoms in total. The van der Waals surface area contributed by atoms with E-state index >= 15 is 0 Å². The summed E-state index contributed by atoms with van der Waals surface area (Å²) in [6, 6.07) is 0. The first kappa shape index (κ1) is 11.5. The molecule has 1 aliphatic rings. The van der Waals surface area contributed by atoms with Crippen molar-refractivity contribution in [1.29, 1.82) is 0 Å². The first-order valence-electron chi connectivity index (χ1n) is 4.68. The lowest BCUT2D eigenvalue weighted by Crippen LogP contribution is -2.33. The van der Waals surface area contributed by atoms with E-state index in [1.807, 2.05) is 20.8 Å². The van der Waals surface area contributed by atoms with E-state index in [1.165, 1.54) is 11.7 Å². The second-order valence-electron chi connectivity index (χ2n) is 4.95. The zero-order valence-electron chi connectivity index (χ0n) is 9.02. The third kappa shape index (κ3) is 2.25. The van der Waals surface area contributed by atoms with E-state index in [-0.39, 0.29) is 17.9 Å². The summed E-state index contributed by atoms with van der Waals surface area (Å²) >= 11 is 0. The third-order valence-corrected chi connectivity index (χ3v) is 2.81. The maximum absolute atomic E-state index is 12.5. The van der Waals surface area contributed by atoms with E-state index in [0.717, 1.165) is 0 Å². The van der Waals surface area contributed by atoms with Gasteiger partial charge in [-0.25, -0.2) is 0 Å². The smallest absolute Gasteiger partial charge is 0.102 e. The predicted molar refractivity (Wildman–Crippen MR) is 45.2 cm³/mol. The van der Waals surface area contributed by atoms with Gasteiger partial charge in [0.05, 0.1) is 10.6 Å². The highest BCUT2D eigenvalue weighted by Gasteiger charge is 2.57. The van der Waals surface area contributed by atoms with Crippen molar-refractivity contribution in [3.05, 3.63) is 0 Å². The molecule has 0 saturated carbocycles. The molecular weight excluding hydrogens is 193 g/mol. The summed E-state index contributed by atoms with van der Waals surface area (Å²) < 4.78 is 39.1. The fourth-order valence-electron chi connectivity index (χ4n) is 1.67. The van der Waals surface area contributed by atoms with Gasteiger partial charge in [-0.2, -0.15) is 0 Å². The van der Waals surface area contributed by atoms with E-state index < -0.39 is 6.30 Å². The average Bonchev–Trinajstić information content (AvgIpc) is 2.27. The molecule has 1 heterocycles. The molecule has 0 aromatic heterocycles. The Morgan fingerprint density at radius 2 is 1.57 bits per heavy atom. The molecule has 1 atom stereocenters. The van der Waals surface area contributed by atoms with Gasteiger partial charge < -0.3 is 0 Å². The fraction of sp³-hybridized carbons (Fsp3) is 1.00. The van der Waals surface area contributed by atoms with Crippen LogP contribution < -0.4 is 0 Å². The Kier molecular flexibility index (Phi) is 2.63. The first-order chi connectivity index (χ1) is 6.12. The molecule has 0 aliphatic carbocycles. The Balaban J connectivity index is 2.80. The van der Waals surface area contributed by atoms with E-state index in [1.54, 1.807) is 0 Å². The highest BCUT2D eigenvalue weighted by molar-refractivity contribution is 4.73. The molecule has 14 heavy (non-hydrogen) atoms. The summed E-state index contributed by atoms with van der Waals surface area (Å²) in [4.78, 5) is 0. The molecule has 1 rings (SSSR count). The van der Waals surface area contributed by atoms with Gasteiger partial charge in [0.2, 0.25) is 13.1 Å². The minimum Gasteiger partial charge on any atom is -0.102 e. The third-order valence-electron chi connectivity index (χ3n) is 2.81. The summed E-state index contributed by atoms with van der Waals surface area (Å²) in [6.07, 6.45) is -4.24. The topological polar surface area (TPSA) is 6.02 Å². The maximum Gasteiger partial charge on any atom is 0.687 e. The predicted octanol–water partition coefficient (Wildman–Crippen LogP) is 2.29. The molecule has 0 amide bonds. The van der Waals surface area contributed by atoms with Crippen LogP contribution >= 0.6 is 0 Å². The Labute approximate surface area is 82.0 Å². The maximum atomic E-state index is 12.5. The molecule has 0 radical (unpaired) electrons. The van der Waals surface area contributed by atoms with Crippen molar-refractivity contribution in [2.24, 2.45) is 11.3 Å². The average molecular weight is 210 g/mol. The van der Waals surface area contributed by atoms with Crippen LogP contribution in [0.4, 0.5) is 13.2 Å². The van der Waals surface area contributed by atoms with Gasteiger partial charge in [0.25, 0.3) is 0 Å². The van der Waals surface area contributed by atoms with Crippen LogP contribution in [0.1, 0.15) is 20.8 Å². The lowest BCUT2D eigenvalue weighted by Gasteiger charge is -2.20. The lowest BCUT2D eigenvalue weighted by molar-refractivity contribution is -1.05. The lowest BCUT2D eigenvalue weighted by atomic mass is 9.81. The quantitative estimate of drug-likeness (QED) is 0.427. The van der Waals surface area contributed by atoms with Crippen LogP contribution in [0.3, 0.4) is 0 Å². The van der Waals surface area contributed by atoms with E-state index in [0.29, 0.717) is 11.2 Å². The van der Waals surface area contributed by atoms with Crippen molar-refractivity contribution in [2.45, 2.75) is 27.1 Å². The van der Waals surface area contributed by atoms with Crippen molar-refractivity contribution in [2.75, 3.05) is 20.1 Å². The summed E-state index contributed by atoms with van der Waals surface area (Å²) in [5.41, 5.74) is -0.0751. The second-order valence-corrected chi connectivity index (χ2v) is 4.95. The minimum absolute atomic E-state index is 0.0640. The van der Waals surface area contributed by atoms with Crippen molar-refractivity contribution < 1.29 is 22.6 Å². The SMILES string of the molecule is C[N+]1=[N+](C(F)(F)F)CC(C(C)(C)C)C1. The van der Waals surface area contributed by atoms with E-state index in [4.69, 9.17) is 0 Å². The number of hydrogen-bond donors (Lipinski definition) is 0. The molecule has 5 heteroatoms. The molecule has 0 aromatic rings. The number of azo groups is 4. The van der Waals surface area contributed by atoms with E-state index in [9.17, 15) is 13.2 Å². The Hall–Kier alpha value is -0.610. The Morgan fingerprint density at radius 1 is 1.07 bits per heavy atom. The van der Waals surface area contributed by atoms with Gasteiger partial charge in [-0.05, 0) is 10.1 Å². The van der Waals surface area contributed by atoms with Gasteiger partial charge in [-0.1, -0.05) is 20.8 Å². The van der Waals surface area contributed by atoms with Crippen LogP contribution in [0.5, 0.6) is 0 Å². The highest BCUT2D eigenvalue weighted by atomic mass is 19.4. The van der Waals surface area contributed by atoms with Crippen LogP contribution in [0.2, 0.25) is 0 Å². The molecule has 0 fully saturated rings. The molecule has 0 aromatic carbocycles. The summed E-state index contributed by atoms with van der Waals surface area (Å²) in [6.45, 7) is 6.48. The summed E-state index contributed by atoms with van der Waals surface area (Å²) in [7, 11) is 1.49. The molecular formula is C9H17F3N2+2. The molecule has 0 saturated heterocycles. The number of alkyl halides is 3. The van der Waals surface area contributed by atoms with Gasteiger partial charge in [0.15, 0.2) is 7.05 Å². The van der Waals surface area contributed by atoms with Crippen molar-refractivity contribution in [3.63, 3.8) is 0 Å². The number of nitrogens with zero attached hydrogens (tertiary/aromatic N) is 2. The van der Waals surface area contributed by atoms with Crippen LogP contribution in [0, 0.1) is 11.3 Å². The fourth-order valence-corrected chi connectivity index (χ4v) is 1.67. The Morgan fingerprint density at radius 3 is 1.79 bits per heavy atom. The largest absolute Gasteiger partial charge is 0.687 e. The van der Waals surface area contributed by atoms with Crippen LogP contribution in [0.15, 0.2) is 0 Å². The van der Waals surface area contributed by atoms with Crippen molar-refractivity contribution in [1.82, 2.24) is 0 Å². The zero-order chi connectivity index (χ0) is 11.1. The second kappa shape index (κ2) is 3.21. The standard InChI is InChI=1S/C9H17F3N2/c1-8(2,3)7-5-13(4)14(6-7)9(10,11)12/h7H,5-6H2,1-4H3/q+2. The van der Waals surface area contributed by atoms with Crippen molar-refractivity contribution in [3.8, 4) is 0 Å². The summed E-state index contributed by atoms with van der Waals surface area (Å²) in [5, 5.41) is 0. The number of hydrogen-bond acceptors (Lipinski definition) is 0. The van der Waals surface area contributed by atoms with E-state index in [2.05, 4.69) is 0 Å². The van der Waals surface area contributed by atoms with Gasteiger partial charge in [-0.3, -0.25) is 0 Å². The molecule has 1 unspecified atom stereocenters. The normalized spacial score (nSPS) is 24.6. The summed E-state index contributed by atoms with van der Waals surface area (Å²) in [5.74, 6) is 0.0640. The van der Waals surface area contributed by atoms with Crippen molar-refractivity contribution >= 4 is 0 Å². The Bertz CT molecular complexity index is 260. The van der Waals surface area contributed by atoms with Gasteiger partial charge in [-0.15, -0.1) is 13.2 Å². The zero-order valence-corrected chi connectivity index (χ0v) is 9.02. The van der Waals surface area contributed by atoms with Gasteiger partial charge in [0, 0.05) is 0 Å². The molecule has 0 spiro atoms. The minimum atomic E-state index is -4.24. The number of halogens is 3. The molecule has 1 aliphatic heterocycles. The first-order valence-corrected chi connectivity index (χ1v) is 4.68. The molecule has 0 bridgehead atoms. The highest BCUT2D eigenvalue weighted by Crippen LogP contribution is 2.32. The molecule has 0 N–H and O–H groups in total. The van der Waals surface area contributed by atoms with Gasteiger partial charge in [0.1, 0.15) is 0 Å². The monoisotopic (exact) mass is 210 g/mol. The van der Waals surface area contributed by atoms with Crippen LogP contribution in [-0.2, 0) is 0 Å².